The molecule has 4 N–H and O–H groups in total. The Labute approximate surface area is 252 Å². The van der Waals surface area contributed by atoms with Crippen LogP contribution in [0.15, 0.2) is 103 Å². The molecule has 43 heavy (non-hydrogen) atoms. The van der Waals surface area contributed by atoms with Gasteiger partial charge in [0, 0.05) is 33.8 Å². The van der Waals surface area contributed by atoms with Crippen molar-refractivity contribution in [2.24, 2.45) is 5.92 Å². The summed E-state index contributed by atoms with van der Waals surface area (Å²) in [6.07, 6.45) is 16.8. The van der Waals surface area contributed by atoms with E-state index in [0.29, 0.717) is 5.92 Å². The lowest BCUT2D eigenvalue weighted by molar-refractivity contribution is 0.368. The van der Waals surface area contributed by atoms with Crippen LogP contribution in [0.4, 0.5) is 4.39 Å². The smallest absolute Gasteiger partial charge is 0.123 e. The fourth-order valence-corrected chi connectivity index (χ4v) is 5.60. The van der Waals surface area contributed by atoms with E-state index in [1.165, 1.54) is 25.0 Å². The first-order chi connectivity index (χ1) is 20.9. The number of rotatable bonds is 10. The normalized spacial score (nSPS) is 15.7. The quantitative estimate of drug-likeness (QED) is 0.165. The van der Waals surface area contributed by atoms with Crippen LogP contribution in [0, 0.1) is 11.7 Å². The van der Waals surface area contributed by atoms with Crippen molar-refractivity contribution in [3.05, 3.63) is 120 Å². The SMILES string of the molecule is C=C/C(=C\C(=C/C)C(=C)/C=c1/c(-c2cc3c(-c4ccc(F)cc4)cncc3[nH]2)n[nH]/c1=C/C)NC(=C)CC1CCNCC1. The van der Waals surface area contributed by atoms with Crippen LogP contribution in [0.1, 0.15) is 33.1 Å². The molecular weight excluding hydrogens is 535 g/mol. The molecule has 1 aliphatic rings. The van der Waals surface area contributed by atoms with Gasteiger partial charge in [0.15, 0.2) is 0 Å². The van der Waals surface area contributed by atoms with Gasteiger partial charge in [-0.2, -0.15) is 5.10 Å². The lowest BCUT2D eigenvalue weighted by Crippen LogP contribution is -2.28. The number of nitrogens with zero attached hydrogens (tertiary/aromatic N) is 2. The maximum atomic E-state index is 13.6. The first-order valence-electron chi connectivity index (χ1n) is 14.7. The van der Waals surface area contributed by atoms with Gasteiger partial charge in [-0.1, -0.05) is 44.0 Å². The van der Waals surface area contributed by atoms with E-state index in [1.54, 1.807) is 24.5 Å². The summed E-state index contributed by atoms with van der Waals surface area (Å²) in [5.41, 5.74) is 7.97. The molecule has 0 unspecified atom stereocenters. The number of piperidine rings is 1. The summed E-state index contributed by atoms with van der Waals surface area (Å²) < 4.78 is 13.6. The van der Waals surface area contributed by atoms with E-state index in [-0.39, 0.29) is 5.82 Å². The zero-order valence-electron chi connectivity index (χ0n) is 24.9. The lowest BCUT2D eigenvalue weighted by atomic mass is 9.93. The molecule has 0 amide bonds. The van der Waals surface area contributed by atoms with Gasteiger partial charge in [-0.25, -0.2) is 4.39 Å². The first kappa shape index (κ1) is 29.7. The van der Waals surface area contributed by atoms with Crippen molar-refractivity contribution in [1.82, 2.24) is 30.8 Å². The molecule has 3 aromatic heterocycles. The molecule has 1 aromatic carbocycles. The molecule has 0 radical (unpaired) electrons. The van der Waals surface area contributed by atoms with Crippen molar-refractivity contribution in [1.29, 1.82) is 0 Å². The Kier molecular flexibility index (Phi) is 9.32. The Hall–Kier alpha value is -4.75. The van der Waals surface area contributed by atoms with Crippen molar-refractivity contribution in [3.63, 3.8) is 0 Å². The second-order valence-electron chi connectivity index (χ2n) is 10.9. The molecule has 0 spiro atoms. The number of hydrogen-bond acceptors (Lipinski definition) is 4. The van der Waals surface area contributed by atoms with Crippen LogP contribution >= 0.6 is 0 Å². The van der Waals surface area contributed by atoms with Crippen LogP contribution in [0.2, 0.25) is 0 Å². The zero-order valence-corrected chi connectivity index (χ0v) is 24.9. The minimum Gasteiger partial charge on any atom is -0.359 e. The van der Waals surface area contributed by atoms with Crippen molar-refractivity contribution >= 4 is 23.1 Å². The summed E-state index contributed by atoms with van der Waals surface area (Å²) in [5, 5.41) is 17.5. The minimum absolute atomic E-state index is 0.271. The maximum Gasteiger partial charge on any atom is 0.123 e. The Morgan fingerprint density at radius 3 is 2.58 bits per heavy atom. The number of aromatic nitrogens is 4. The topological polar surface area (TPSA) is 81.4 Å². The monoisotopic (exact) mass is 574 g/mol. The summed E-state index contributed by atoms with van der Waals surface area (Å²) in [6.45, 7) is 18.8. The lowest BCUT2D eigenvalue weighted by Gasteiger charge is -2.24. The molecule has 7 heteroatoms. The van der Waals surface area contributed by atoms with Gasteiger partial charge in [0.2, 0.25) is 0 Å². The predicted octanol–water partition coefficient (Wildman–Crippen LogP) is 6.41. The second kappa shape index (κ2) is 13.5. The number of nitrogens with one attached hydrogen (secondary N) is 4. The molecule has 1 fully saturated rings. The summed E-state index contributed by atoms with van der Waals surface area (Å²) in [6, 6.07) is 8.52. The predicted molar refractivity (Wildman–Crippen MR) is 177 cm³/mol. The Bertz CT molecular complexity index is 1830. The van der Waals surface area contributed by atoms with E-state index in [9.17, 15) is 4.39 Å². The van der Waals surface area contributed by atoms with Crippen molar-refractivity contribution < 1.29 is 4.39 Å². The van der Waals surface area contributed by atoms with Gasteiger partial charge in [-0.3, -0.25) is 10.1 Å². The molecule has 220 valence electrons. The average Bonchev–Trinajstić information content (AvgIpc) is 3.63. The van der Waals surface area contributed by atoms with Gasteiger partial charge in [-0.15, -0.1) is 0 Å². The molecule has 0 aliphatic carbocycles. The number of pyridine rings is 1. The number of H-pyrrole nitrogens is 2. The number of fused-ring (bicyclic) bond motifs is 1. The summed E-state index contributed by atoms with van der Waals surface area (Å²) >= 11 is 0. The van der Waals surface area contributed by atoms with Crippen LogP contribution in [-0.2, 0) is 0 Å². The molecule has 1 aliphatic heterocycles. The second-order valence-corrected chi connectivity index (χ2v) is 10.9. The number of aromatic amines is 2. The molecule has 0 atom stereocenters. The highest BCUT2D eigenvalue weighted by atomic mass is 19.1. The Balaban J connectivity index is 1.45. The number of benzene rings is 1. The standard InChI is InChI=1S/C36H39FN6/c1-6-26(19-29(7-2)40-24(5)18-25-13-15-38-16-14-25)23(4)17-31-33(8-3)42-43-36(31)34-20-30-32(21-39-22-35(30)41-34)27-9-11-28(37)12-10-27/h6-12,17,19-22,25,38,40-42H,2,4-5,13-16,18H2,1,3H3/b26-6+,29-19+,31-17+,33-8+. The van der Waals surface area contributed by atoms with E-state index in [0.717, 1.165) is 86.0 Å². The summed E-state index contributed by atoms with van der Waals surface area (Å²) in [5.74, 6) is 0.375. The van der Waals surface area contributed by atoms with E-state index in [4.69, 9.17) is 0 Å². The van der Waals surface area contributed by atoms with Gasteiger partial charge >= 0.3 is 0 Å². The van der Waals surface area contributed by atoms with Gasteiger partial charge < -0.3 is 15.6 Å². The van der Waals surface area contributed by atoms with Gasteiger partial charge in [0.05, 0.1) is 22.8 Å². The number of halogens is 1. The number of allylic oxidation sites excluding steroid dienone is 6. The van der Waals surface area contributed by atoms with Crippen LogP contribution in [-0.4, -0.2) is 33.3 Å². The highest BCUT2D eigenvalue weighted by Gasteiger charge is 2.15. The van der Waals surface area contributed by atoms with Gasteiger partial charge in [-0.05, 0) is 105 Å². The fraction of sp³-hybridized carbons (Fsp3) is 0.222. The van der Waals surface area contributed by atoms with Crippen molar-refractivity contribution in [2.45, 2.75) is 33.1 Å². The van der Waals surface area contributed by atoms with Crippen molar-refractivity contribution in [2.75, 3.05) is 13.1 Å². The first-order valence-corrected chi connectivity index (χ1v) is 14.7. The molecule has 0 saturated carbocycles. The highest BCUT2D eigenvalue weighted by Crippen LogP contribution is 2.30. The zero-order chi connectivity index (χ0) is 30.3. The third-order valence-electron chi connectivity index (χ3n) is 7.92. The van der Waals surface area contributed by atoms with E-state index >= 15 is 0 Å². The van der Waals surface area contributed by atoms with Crippen LogP contribution < -0.4 is 21.2 Å². The largest absolute Gasteiger partial charge is 0.359 e. The third kappa shape index (κ3) is 6.84. The van der Waals surface area contributed by atoms with E-state index in [1.807, 2.05) is 32.1 Å². The molecule has 4 aromatic rings. The molecule has 4 heterocycles. The van der Waals surface area contributed by atoms with Crippen LogP contribution in [0.5, 0.6) is 0 Å². The Morgan fingerprint density at radius 1 is 1.12 bits per heavy atom. The molecule has 6 nitrogen and oxygen atoms in total. The Morgan fingerprint density at radius 2 is 1.88 bits per heavy atom. The summed E-state index contributed by atoms with van der Waals surface area (Å²) in [7, 11) is 0. The van der Waals surface area contributed by atoms with Gasteiger partial charge in [0.1, 0.15) is 11.5 Å². The maximum absolute atomic E-state index is 13.6. The molecule has 5 rings (SSSR count). The molecular formula is C36H39FN6. The third-order valence-corrected chi connectivity index (χ3v) is 7.92. The molecule has 0 bridgehead atoms. The minimum atomic E-state index is -0.271. The van der Waals surface area contributed by atoms with E-state index in [2.05, 4.69) is 68.8 Å². The van der Waals surface area contributed by atoms with Crippen LogP contribution in [0.3, 0.4) is 0 Å². The average molecular weight is 575 g/mol. The van der Waals surface area contributed by atoms with Gasteiger partial charge in [0.25, 0.3) is 0 Å². The highest BCUT2D eigenvalue weighted by molar-refractivity contribution is 5.97. The van der Waals surface area contributed by atoms with E-state index < -0.39 is 0 Å². The molecule has 1 saturated heterocycles. The number of hydrogen-bond donors (Lipinski definition) is 4. The van der Waals surface area contributed by atoms with Crippen molar-refractivity contribution in [3.8, 4) is 22.5 Å². The van der Waals surface area contributed by atoms with Crippen LogP contribution in [0.25, 0.3) is 45.6 Å². The fourth-order valence-electron chi connectivity index (χ4n) is 5.60. The summed E-state index contributed by atoms with van der Waals surface area (Å²) in [4.78, 5) is 7.89.